The van der Waals surface area contributed by atoms with Gasteiger partial charge in [0.1, 0.15) is 12.6 Å². The predicted octanol–water partition coefficient (Wildman–Crippen LogP) is -1.02. The van der Waals surface area contributed by atoms with Crippen molar-refractivity contribution in [2.24, 2.45) is 11.5 Å². The fourth-order valence-corrected chi connectivity index (χ4v) is 0.932. The average molecular weight is 385 g/mol. The van der Waals surface area contributed by atoms with Gasteiger partial charge in [-0.1, -0.05) is 6.42 Å². The van der Waals surface area contributed by atoms with Crippen LogP contribution in [0, 0.1) is 0 Å². The van der Waals surface area contributed by atoms with Crippen LogP contribution in [0.1, 0.15) is 19.3 Å². The molecule has 8 N–H and O–H groups in total. The Balaban J connectivity index is -0.000000123. The molecule has 0 aliphatic rings. The summed E-state index contributed by atoms with van der Waals surface area (Å²) in [5.41, 5.74) is 10.4. The summed E-state index contributed by atoms with van der Waals surface area (Å²) in [6, 6.07) is -0.716. The van der Waals surface area contributed by atoms with Gasteiger partial charge < -0.3 is 26.2 Å². The number of hydrogen-bond acceptors (Lipinski definition) is 6. The molecule has 0 saturated carbocycles. The number of aliphatic carboxylic acids is 1. The third-order valence-corrected chi connectivity index (χ3v) is 2.06. The van der Waals surface area contributed by atoms with Gasteiger partial charge in [-0.05, 0) is 19.4 Å². The second-order valence-electron chi connectivity index (χ2n) is 5.41. The number of unbranched alkanes of at least 4 members (excludes halogenated alkanes) is 1. The highest BCUT2D eigenvalue weighted by Crippen LogP contribution is 1.96. The molecule has 0 radical (unpaired) electrons. The van der Waals surface area contributed by atoms with Crippen molar-refractivity contribution in [3.05, 3.63) is 0 Å². The van der Waals surface area contributed by atoms with Crippen molar-refractivity contribution in [2.45, 2.75) is 25.3 Å². The van der Waals surface area contributed by atoms with E-state index in [9.17, 15) is 4.79 Å². The molecule has 0 bridgehead atoms. The van der Waals surface area contributed by atoms with Crippen LogP contribution in [-0.2, 0) is 15.2 Å². The number of carboxylic acid groups (broad SMARTS) is 1. The van der Waals surface area contributed by atoms with E-state index in [-0.39, 0.29) is 19.0 Å². The van der Waals surface area contributed by atoms with Crippen molar-refractivity contribution in [3.63, 3.8) is 0 Å². The summed E-state index contributed by atoms with van der Waals surface area (Å²) in [5.74, 6) is -0.933. The zero-order valence-electron chi connectivity index (χ0n) is 13.8. The summed E-state index contributed by atoms with van der Waals surface area (Å²) >= 11 is 0. The molecule has 0 amide bonds. The lowest BCUT2D eigenvalue weighted by Gasteiger charge is -2.21. The van der Waals surface area contributed by atoms with Gasteiger partial charge in [0.05, 0.1) is 27.7 Å². The Labute approximate surface area is 144 Å². The van der Waals surface area contributed by atoms with Gasteiger partial charge in [-0.25, -0.2) is 0 Å². The Bertz CT molecular complexity index is 366. The molecule has 0 spiro atoms. The van der Waals surface area contributed by atoms with Crippen LogP contribution in [0.2, 0.25) is 0 Å². The highest BCUT2D eigenvalue weighted by atomic mass is 35.5. The largest absolute Gasteiger partial charge is 0.480 e. The van der Waals surface area contributed by atoms with Crippen LogP contribution in [0.3, 0.4) is 0 Å². The van der Waals surface area contributed by atoms with E-state index in [1.807, 2.05) is 0 Å². The van der Waals surface area contributed by atoms with Crippen molar-refractivity contribution in [1.29, 1.82) is 0 Å². The maximum Gasteiger partial charge on any atom is 0.394 e. The van der Waals surface area contributed by atoms with Crippen LogP contribution >= 0.6 is 12.4 Å². The highest BCUT2D eigenvalue weighted by Gasteiger charge is 2.09. The third-order valence-electron chi connectivity index (χ3n) is 2.06. The first kappa shape index (κ1) is 30.4. The van der Waals surface area contributed by atoms with Gasteiger partial charge in [-0.3, -0.25) is 13.9 Å². The third kappa shape index (κ3) is 52.3. The summed E-state index contributed by atoms with van der Waals surface area (Å²) in [5, 5.41) is 16.7. The number of nitrogens with zero attached hydrogens (tertiary/aromatic N) is 1. The second kappa shape index (κ2) is 16.3. The van der Waals surface area contributed by atoms with E-state index in [1.165, 1.54) is 0 Å². The van der Waals surface area contributed by atoms with Crippen LogP contribution in [0.5, 0.6) is 0 Å². The summed E-state index contributed by atoms with van der Waals surface area (Å²) in [6.45, 7) is 1.72. The van der Waals surface area contributed by atoms with Crippen molar-refractivity contribution in [1.82, 2.24) is 0 Å². The summed E-state index contributed by atoms with van der Waals surface area (Å²) in [4.78, 5) is 10.1. The summed E-state index contributed by atoms with van der Waals surface area (Å²) in [6.07, 6.45) is 2.16. The van der Waals surface area contributed by atoms with E-state index in [2.05, 4.69) is 21.1 Å². The number of quaternary nitrogens is 1. The maximum absolute atomic E-state index is 10.1. The van der Waals surface area contributed by atoms with Crippen LogP contribution in [0.15, 0.2) is 0 Å². The molecule has 1 atom stereocenters. The molecule has 144 valence electrons. The number of rotatable bonds is 7. The minimum absolute atomic E-state index is 0. The van der Waals surface area contributed by atoms with Crippen LogP contribution in [-0.4, -0.2) is 85.1 Å². The molecule has 0 aromatic rings. The van der Waals surface area contributed by atoms with Gasteiger partial charge in [0.15, 0.2) is 0 Å². The van der Waals surface area contributed by atoms with E-state index in [0.29, 0.717) is 13.0 Å². The number of likely N-dealkylation sites (N-methyl/N-ethyl adjacent to an activating group) is 1. The van der Waals surface area contributed by atoms with Crippen LogP contribution in [0.4, 0.5) is 0 Å². The first-order chi connectivity index (χ1) is 9.74. The van der Waals surface area contributed by atoms with E-state index >= 15 is 0 Å². The smallest absolute Gasteiger partial charge is 0.394 e. The lowest BCUT2D eigenvalue weighted by Crippen LogP contribution is -2.36. The van der Waals surface area contributed by atoms with E-state index in [1.54, 1.807) is 0 Å². The molecule has 0 unspecified atom stereocenters. The molecule has 12 heteroatoms. The molecule has 0 rings (SSSR count). The van der Waals surface area contributed by atoms with Crippen molar-refractivity contribution >= 4 is 28.8 Å². The monoisotopic (exact) mass is 384 g/mol. The van der Waals surface area contributed by atoms with E-state index < -0.39 is 22.4 Å². The highest BCUT2D eigenvalue weighted by molar-refractivity contribution is 7.79. The molecule has 23 heavy (non-hydrogen) atoms. The molecular formula is C11H31ClN3O7S+. The van der Waals surface area contributed by atoms with Gasteiger partial charge in [0.2, 0.25) is 0 Å². The van der Waals surface area contributed by atoms with Crippen molar-refractivity contribution in [2.75, 3.05) is 40.8 Å². The molecule has 0 saturated heterocycles. The quantitative estimate of drug-likeness (QED) is 0.181. The maximum atomic E-state index is 10.1. The zero-order valence-corrected chi connectivity index (χ0v) is 15.4. The fraction of sp³-hybridized carbons (Fsp3) is 0.909. The number of aliphatic hydroxyl groups is 1. The van der Waals surface area contributed by atoms with Gasteiger partial charge >= 0.3 is 16.4 Å². The van der Waals surface area contributed by atoms with Crippen LogP contribution in [0.25, 0.3) is 0 Å². The van der Waals surface area contributed by atoms with E-state index in [0.717, 1.165) is 23.9 Å². The van der Waals surface area contributed by atoms with Gasteiger partial charge in [-0.15, -0.1) is 12.4 Å². The number of aliphatic hydroxyl groups excluding tert-OH is 1. The normalized spacial score (nSPS) is 11.8. The number of hydrogen-bond donors (Lipinski definition) is 6. The fourth-order valence-electron chi connectivity index (χ4n) is 0.932. The molecule has 0 fully saturated rings. The topological polar surface area (TPSA) is 184 Å². The average Bonchev–Trinajstić information content (AvgIpc) is 2.25. The number of carboxylic acids is 1. The lowest BCUT2D eigenvalue weighted by atomic mass is 10.1. The second-order valence-corrected chi connectivity index (χ2v) is 6.31. The number of halogens is 1. The lowest BCUT2D eigenvalue weighted by molar-refractivity contribution is -0.870. The molecular weight excluding hydrogens is 354 g/mol. The van der Waals surface area contributed by atoms with Gasteiger partial charge in [0.25, 0.3) is 0 Å². The molecule has 0 heterocycles. The summed E-state index contributed by atoms with van der Waals surface area (Å²) in [7, 11) is 1.49. The number of nitrogens with two attached hydrogens (primary N) is 2. The van der Waals surface area contributed by atoms with Gasteiger partial charge in [0, 0.05) is 0 Å². The number of carbonyl (C=O) groups is 1. The molecule has 0 aromatic heterocycles. The molecule has 0 aliphatic heterocycles. The Hall–Kier alpha value is -0.530. The minimum Gasteiger partial charge on any atom is -0.480 e. The van der Waals surface area contributed by atoms with Crippen molar-refractivity contribution in [3.8, 4) is 0 Å². The minimum atomic E-state index is -4.67. The standard InChI is InChI=1S/C6H14N2O2.C5H14NO.ClH.H2O4S/c7-4-2-1-3-5(8)6(9)10;1-6(2,3)4-5-7;;1-5(2,3)4/h5H,1-4,7-8H2,(H,9,10);7H,4-5H2,1-3H3;1H;(H2,1,2,3,4)/q;+1;;/t5-;;;/m0.../s1. The van der Waals surface area contributed by atoms with Gasteiger partial charge in [-0.2, -0.15) is 8.42 Å². The van der Waals surface area contributed by atoms with E-state index in [4.69, 9.17) is 39.2 Å². The first-order valence-electron chi connectivity index (χ1n) is 6.54. The van der Waals surface area contributed by atoms with Crippen LogP contribution < -0.4 is 11.5 Å². The molecule has 0 aliphatic carbocycles. The molecule has 10 nitrogen and oxygen atoms in total. The van der Waals surface area contributed by atoms with Crippen molar-refractivity contribution < 1.29 is 37.0 Å². The SMILES string of the molecule is C[N+](C)(C)CCO.Cl.NCCCC[C@H](N)C(=O)O.O=S(=O)(O)O. The predicted molar refractivity (Wildman–Crippen MR) is 89.9 cm³/mol. The first-order valence-corrected chi connectivity index (χ1v) is 7.94. The Morgan fingerprint density at radius 1 is 1.17 bits per heavy atom. The zero-order chi connectivity index (χ0) is 18.4. The Kier molecular flexibility index (Phi) is 21.6. The Morgan fingerprint density at radius 3 is 1.74 bits per heavy atom. The molecule has 0 aromatic carbocycles. The Morgan fingerprint density at radius 2 is 1.57 bits per heavy atom. The summed E-state index contributed by atoms with van der Waals surface area (Å²) < 4.78 is 32.4.